The van der Waals surface area contributed by atoms with E-state index in [0.29, 0.717) is 27.9 Å². The Bertz CT molecular complexity index is 672. The maximum Gasteiger partial charge on any atom is 0.267 e. The van der Waals surface area contributed by atoms with Gasteiger partial charge in [-0.25, -0.2) is 5.10 Å². The summed E-state index contributed by atoms with van der Waals surface area (Å²) in [6, 6.07) is 4.99. The molecule has 0 spiro atoms. The third-order valence-corrected chi connectivity index (χ3v) is 3.17. The van der Waals surface area contributed by atoms with Crippen LogP contribution in [0, 0.1) is 6.92 Å². The summed E-state index contributed by atoms with van der Waals surface area (Å²) in [6.07, 6.45) is 0. The molecule has 20 heavy (non-hydrogen) atoms. The van der Waals surface area contributed by atoms with Crippen LogP contribution in [-0.4, -0.2) is 10.2 Å². The summed E-state index contributed by atoms with van der Waals surface area (Å²) in [4.78, 5) is 11.6. The number of rotatable bonds is 3. The lowest BCUT2D eigenvalue weighted by Crippen LogP contribution is -2.15. The fraction of sp³-hybridized carbons (Fsp3) is 0.286. The summed E-state index contributed by atoms with van der Waals surface area (Å²) in [5.74, 6) is 0.852. The van der Waals surface area contributed by atoms with E-state index in [1.165, 1.54) is 0 Å². The molecule has 0 radical (unpaired) electrons. The summed E-state index contributed by atoms with van der Waals surface area (Å²) < 4.78 is 5.67. The van der Waals surface area contributed by atoms with Crippen molar-refractivity contribution >= 4 is 17.3 Å². The molecule has 2 rings (SSSR count). The number of nitrogens with one attached hydrogen (secondary N) is 1. The van der Waals surface area contributed by atoms with E-state index in [1.54, 1.807) is 18.2 Å². The van der Waals surface area contributed by atoms with Crippen molar-refractivity contribution in [2.45, 2.75) is 26.7 Å². The lowest BCUT2D eigenvalue weighted by Gasteiger charge is -2.11. The van der Waals surface area contributed by atoms with Gasteiger partial charge >= 0.3 is 0 Å². The van der Waals surface area contributed by atoms with E-state index in [-0.39, 0.29) is 11.5 Å². The van der Waals surface area contributed by atoms with Gasteiger partial charge in [-0.2, -0.15) is 0 Å². The van der Waals surface area contributed by atoms with Crippen LogP contribution in [0.2, 0.25) is 5.02 Å². The first-order valence-corrected chi connectivity index (χ1v) is 6.59. The molecule has 6 heteroatoms. The Labute approximate surface area is 121 Å². The minimum atomic E-state index is -0.215. The fourth-order valence-corrected chi connectivity index (χ4v) is 2.19. The second-order valence-corrected chi connectivity index (χ2v) is 5.30. The summed E-state index contributed by atoms with van der Waals surface area (Å²) in [6.45, 7) is 5.69. The van der Waals surface area contributed by atoms with Crippen LogP contribution < -0.4 is 16.0 Å². The SMILES string of the molecule is Cc1cc(N)cc(Cl)c1Oc1cc(C(C)C)c(=O)[nH]n1. The molecule has 0 aliphatic carbocycles. The van der Waals surface area contributed by atoms with E-state index in [9.17, 15) is 4.79 Å². The Hall–Kier alpha value is -2.01. The van der Waals surface area contributed by atoms with Gasteiger partial charge in [0.1, 0.15) is 0 Å². The molecule has 1 aromatic heterocycles. The fourth-order valence-electron chi connectivity index (χ4n) is 1.87. The number of H-pyrrole nitrogens is 1. The van der Waals surface area contributed by atoms with Crippen molar-refractivity contribution < 1.29 is 4.74 Å². The van der Waals surface area contributed by atoms with Crippen LogP contribution >= 0.6 is 11.6 Å². The minimum Gasteiger partial charge on any atom is -0.436 e. The number of nitrogens with zero attached hydrogens (tertiary/aromatic N) is 1. The third-order valence-electron chi connectivity index (χ3n) is 2.89. The van der Waals surface area contributed by atoms with E-state index >= 15 is 0 Å². The number of benzene rings is 1. The average Bonchev–Trinajstić information content (AvgIpc) is 2.35. The predicted octanol–water partition coefficient (Wildman–Crippen LogP) is 3.23. The third kappa shape index (κ3) is 2.93. The Morgan fingerprint density at radius 3 is 2.65 bits per heavy atom. The molecule has 106 valence electrons. The number of aromatic nitrogens is 2. The maximum absolute atomic E-state index is 11.6. The van der Waals surface area contributed by atoms with E-state index < -0.39 is 0 Å². The molecule has 2 aromatic rings. The molecule has 0 fully saturated rings. The van der Waals surface area contributed by atoms with Gasteiger partial charge in [-0.3, -0.25) is 4.79 Å². The number of nitrogens with two attached hydrogens (primary N) is 1. The molecule has 0 aliphatic heterocycles. The molecular formula is C14H16ClN3O2. The number of aromatic amines is 1. The molecule has 0 bridgehead atoms. The molecular weight excluding hydrogens is 278 g/mol. The zero-order valence-corrected chi connectivity index (χ0v) is 12.3. The Balaban J connectivity index is 2.41. The van der Waals surface area contributed by atoms with Crippen LogP contribution in [0.5, 0.6) is 11.6 Å². The van der Waals surface area contributed by atoms with Crippen molar-refractivity contribution in [1.29, 1.82) is 0 Å². The number of ether oxygens (including phenoxy) is 1. The molecule has 1 aromatic carbocycles. The Morgan fingerprint density at radius 2 is 2.05 bits per heavy atom. The summed E-state index contributed by atoms with van der Waals surface area (Å²) in [5, 5.41) is 6.70. The summed E-state index contributed by atoms with van der Waals surface area (Å²) in [5.41, 5.74) is 7.46. The Morgan fingerprint density at radius 1 is 1.35 bits per heavy atom. The van der Waals surface area contributed by atoms with Crippen LogP contribution in [-0.2, 0) is 0 Å². The van der Waals surface area contributed by atoms with Crippen molar-refractivity contribution in [3.05, 3.63) is 44.7 Å². The molecule has 0 unspecified atom stereocenters. The number of anilines is 1. The van der Waals surface area contributed by atoms with Crippen molar-refractivity contribution in [3.63, 3.8) is 0 Å². The highest BCUT2D eigenvalue weighted by Gasteiger charge is 2.12. The first-order valence-electron chi connectivity index (χ1n) is 6.21. The zero-order chi connectivity index (χ0) is 14.9. The summed E-state index contributed by atoms with van der Waals surface area (Å²) >= 11 is 6.11. The van der Waals surface area contributed by atoms with Gasteiger partial charge in [-0.05, 0) is 30.5 Å². The van der Waals surface area contributed by atoms with Gasteiger partial charge in [-0.1, -0.05) is 25.4 Å². The smallest absolute Gasteiger partial charge is 0.267 e. The van der Waals surface area contributed by atoms with Crippen molar-refractivity contribution in [1.82, 2.24) is 10.2 Å². The van der Waals surface area contributed by atoms with E-state index in [1.807, 2.05) is 20.8 Å². The number of hydrogen-bond acceptors (Lipinski definition) is 4. The minimum absolute atomic E-state index is 0.0760. The first-order chi connectivity index (χ1) is 9.38. The molecule has 0 saturated heterocycles. The topological polar surface area (TPSA) is 81.0 Å². The number of aryl methyl sites for hydroxylation is 1. The molecule has 0 saturated carbocycles. The molecule has 0 atom stereocenters. The highest BCUT2D eigenvalue weighted by molar-refractivity contribution is 6.32. The second-order valence-electron chi connectivity index (χ2n) is 4.90. The molecule has 0 aliphatic rings. The van der Waals surface area contributed by atoms with Gasteiger partial charge in [0.15, 0.2) is 5.75 Å². The van der Waals surface area contributed by atoms with Crippen molar-refractivity contribution in [2.24, 2.45) is 0 Å². The van der Waals surface area contributed by atoms with Gasteiger partial charge in [0, 0.05) is 17.3 Å². The number of halogens is 1. The molecule has 1 heterocycles. The summed E-state index contributed by atoms with van der Waals surface area (Å²) in [7, 11) is 0. The molecule has 3 N–H and O–H groups in total. The lowest BCUT2D eigenvalue weighted by molar-refractivity contribution is 0.449. The van der Waals surface area contributed by atoms with Crippen molar-refractivity contribution in [2.75, 3.05) is 5.73 Å². The second kappa shape index (κ2) is 5.54. The van der Waals surface area contributed by atoms with Crippen LogP contribution in [0.3, 0.4) is 0 Å². The predicted molar refractivity (Wildman–Crippen MR) is 79.6 cm³/mol. The van der Waals surface area contributed by atoms with E-state index in [0.717, 1.165) is 5.56 Å². The van der Waals surface area contributed by atoms with E-state index in [4.69, 9.17) is 22.1 Å². The van der Waals surface area contributed by atoms with Crippen molar-refractivity contribution in [3.8, 4) is 11.6 Å². The van der Waals surface area contributed by atoms with Crippen LogP contribution in [0.4, 0.5) is 5.69 Å². The number of hydrogen-bond donors (Lipinski definition) is 2. The maximum atomic E-state index is 11.6. The standard InChI is InChI=1S/C14H16ClN3O2/c1-7(2)10-6-12(17-18-14(10)19)20-13-8(3)4-9(16)5-11(13)15/h4-7H,16H2,1-3H3,(H,18,19). The zero-order valence-electron chi connectivity index (χ0n) is 11.5. The molecule has 0 amide bonds. The molecule has 5 nitrogen and oxygen atoms in total. The number of nitrogen functional groups attached to an aromatic ring is 1. The van der Waals surface area contributed by atoms with Gasteiger partial charge in [0.2, 0.25) is 5.88 Å². The van der Waals surface area contributed by atoms with E-state index in [2.05, 4.69) is 10.2 Å². The van der Waals surface area contributed by atoms with Crippen LogP contribution in [0.1, 0.15) is 30.9 Å². The van der Waals surface area contributed by atoms with Crippen LogP contribution in [0.25, 0.3) is 0 Å². The Kier molecular flexibility index (Phi) is 3.99. The van der Waals surface area contributed by atoms with Crippen LogP contribution in [0.15, 0.2) is 23.0 Å². The monoisotopic (exact) mass is 293 g/mol. The quantitative estimate of drug-likeness (QED) is 0.851. The lowest BCUT2D eigenvalue weighted by atomic mass is 10.1. The average molecular weight is 294 g/mol. The highest BCUT2D eigenvalue weighted by atomic mass is 35.5. The van der Waals surface area contributed by atoms with Gasteiger partial charge in [-0.15, -0.1) is 5.10 Å². The largest absolute Gasteiger partial charge is 0.436 e. The normalized spacial score (nSPS) is 10.8. The van der Waals surface area contributed by atoms with Gasteiger partial charge in [0.25, 0.3) is 5.56 Å². The van der Waals surface area contributed by atoms with Gasteiger partial charge in [0.05, 0.1) is 5.02 Å². The highest BCUT2D eigenvalue weighted by Crippen LogP contribution is 2.34. The van der Waals surface area contributed by atoms with Gasteiger partial charge < -0.3 is 10.5 Å². The first kappa shape index (κ1) is 14.4.